The fourth-order valence-corrected chi connectivity index (χ4v) is 4.54. The van der Waals surface area contributed by atoms with Gasteiger partial charge in [-0.1, -0.05) is 45.0 Å². The molecule has 1 unspecified atom stereocenters. The molecule has 2 heteroatoms. The third-order valence-electron chi connectivity index (χ3n) is 4.45. The molecule has 0 bridgehead atoms. The van der Waals surface area contributed by atoms with Crippen molar-refractivity contribution in [1.29, 1.82) is 0 Å². The van der Waals surface area contributed by atoms with Crippen LogP contribution in [0.25, 0.3) is 0 Å². The number of thiophene rings is 1. The zero-order valence-electron chi connectivity index (χ0n) is 13.5. The molecule has 1 aromatic heterocycles. The standard InChI is InChI=1S/C19H25NS/c1-19(2,3)15-10-8-13(9-11-15)18(20-4)17-12-14-6-5-7-16(14)21-17/h8-12,18,20H,5-7H2,1-4H3. The van der Waals surface area contributed by atoms with E-state index in [0.717, 1.165) is 0 Å². The van der Waals surface area contributed by atoms with Crippen molar-refractivity contribution >= 4 is 11.3 Å². The van der Waals surface area contributed by atoms with Crippen molar-refractivity contribution in [3.63, 3.8) is 0 Å². The summed E-state index contributed by atoms with van der Waals surface area (Å²) in [6.07, 6.45) is 3.89. The Kier molecular flexibility index (Phi) is 3.94. The lowest BCUT2D eigenvalue weighted by molar-refractivity contribution is 0.589. The Morgan fingerprint density at radius 2 is 1.81 bits per heavy atom. The Morgan fingerprint density at radius 3 is 2.38 bits per heavy atom. The topological polar surface area (TPSA) is 12.0 Å². The van der Waals surface area contributed by atoms with Crippen LogP contribution in [0.2, 0.25) is 0 Å². The minimum absolute atomic E-state index is 0.220. The van der Waals surface area contributed by atoms with Crippen LogP contribution in [0.5, 0.6) is 0 Å². The molecule has 21 heavy (non-hydrogen) atoms. The molecule has 1 aliphatic rings. The maximum atomic E-state index is 3.49. The molecule has 1 aromatic carbocycles. The normalized spacial score (nSPS) is 16.0. The van der Waals surface area contributed by atoms with E-state index in [4.69, 9.17) is 0 Å². The monoisotopic (exact) mass is 299 g/mol. The van der Waals surface area contributed by atoms with Crippen molar-refractivity contribution in [3.05, 3.63) is 56.8 Å². The largest absolute Gasteiger partial charge is 0.309 e. The molecule has 1 heterocycles. The maximum absolute atomic E-state index is 3.49. The summed E-state index contributed by atoms with van der Waals surface area (Å²) in [6, 6.07) is 11.9. The SMILES string of the molecule is CNC(c1ccc(C(C)(C)C)cc1)c1cc2c(s1)CCC2. The van der Waals surface area contributed by atoms with E-state index in [1.165, 1.54) is 35.3 Å². The zero-order valence-corrected chi connectivity index (χ0v) is 14.3. The predicted octanol–water partition coefficient (Wildman–Crippen LogP) is 4.84. The van der Waals surface area contributed by atoms with Crippen molar-refractivity contribution in [3.8, 4) is 0 Å². The van der Waals surface area contributed by atoms with Gasteiger partial charge in [-0.15, -0.1) is 11.3 Å². The van der Waals surface area contributed by atoms with Gasteiger partial charge in [0.05, 0.1) is 6.04 Å². The summed E-state index contributed by atoms with van der Waals surface area (Å²) < 4.78 is 0. The molecule has 0 saturated carbocycles. The molecule has 0 saturated heterocycles. The number of nitrogens with one attached hydrogen (secondary N) is 1. The molecule has 1 aliphatic carbocycles. The van der Waals surface area contributed by atoms with Crippen LogP contribution in [-0.4, -0.2) is 7.05 Å². The van der Waals surface area contributed by atoms with Crippen molar-refractivity contribution in [2.75, 3.05) is 7.05 Å². The molecular formula is C19H25NS. The summed E-state index contributed by atoms with van der Waals surface area (Å²) in [5, 5.41) is 3.49. The zero-order chi connectivity index (χ0) is 15.0. The average Bonchev–Trinajstić information content (AvgIpc) is 3.00. The van der Waals surface area contributed by atoms with Crippen LogP contribution in [0.15, 0.2) is 30.3 Å². The van der Waals surface area contributed by atoms with Gasteiger partial charge >= 0.3 is 0 Å². The first-order valence-electron chi connectivity index (χ1n) is 7.88. The molecule has 2 aromatic rings. The van der Waals surface area contributed by atoms with Gasteiger partial charge in [-0.25, -0.2) is 0 Å². The minimum atomic E-state index is 0.220. The number of hydrogen-bond acceptors (Lipinski definition) is 2. The molecule has 0 amide bonds. The lowest BCUT2D eigenvalue weighted by Gasteiger charge is -2.21. The Hall–Kier alpha value is -1.12. The Balaban J connectivity index is 1.89. The van der Waals surface area contributed by atoms with Gasteiger partial charge in [0.25, 0.3) is 0 Å². The fraction of sp³-hybridized carbons (Fsp3) is 0.474. The van der Waals surface area contributed by atoms with Gasteiger partial charge in [0.1, 0.15) is 0 Å². The highest BCUT2D eigenvalue weighted by molar-refractivity contribution is 7.12. The third kappa shape index (κ3) is 2.93. The van der Waals surface area contributed by atoms with Gasteiger partial charge in [0, 0.05) is 9.75 Å². The Labute approximate surface area is 132 Å². The number of aryl methyl sites for hydroxylation is 2. The molecule has 0 fully saturated rings. The number of hydrogen-bond donors (Lipinski definition) is 1. The second-order valence-electron chi connectivity index (χ2n) is 7.04. The summed E-state index contributed by atoms with van der Waals surface area (Å²) in [6.45, 7) is 6.80. The molecule has 112 valence electrons. The van der Waals surface area contributed by atoms with E-state index < -0.39 is 0 Å². The first kappa shape index (κ1) is 14.8. The smallest absolute Gasteiger partial charge is 0.0668 e. The first-order chi connectivity index (χ1) is 9.99. The van der Waals surface area contributed by atoms with E-state index in [9.17, 15) is 0 Å². The molecule has 1 atom stereocenters. The second kappa shape index (κ2) is 5.58. The van der Waals surface area contributed by atoms with E-state index in [1.807, 2.05) is 11.3 Å². The van der Waals surface area contributed by atoms with Crippen LogP contribution in [0.4, 0.5) is 0 Å². The van der Waals surface area contributed by atoms with Crippen LogP contribution >= 0.6 is 11.3 Å². The van der Waals surface area contributed by atoms with Gasteiger partial charge in [-0.05, 0) is 54.5 Å². The lowest BCUT2D eigenvalue weighted by atomic mass is 9.86. The minimum Gasteiger partial charge on any atom is -0.309 e. The van der Waals surface area contributed by atoms with E-state index >= 15 is 0 Å². The highest BCUT2D eigenvalue weighted by atomic mass is 32.1. The maximum Gasteiger partial charge on any atom is 0.0668 e. The Morgan fingerprint density at radius 1 is 1.10 bits per heavy atom. The highest BCUT2D eigenvalue weighted by Gasteiger charge is 2.21. The molecule has 1 nitrogen and oxygen atoms in total. The van der Waals surface area contributed by atoms with Crippen molar-refractivity contribution < 1.29 is 0 Å². The quantitative estimate of drug-likeness (QED) is 0.855. The second-order valence-corrected chi connectivity index (χ2v) is 8.21. The van der Waals surface area contributed by atoms with E-state index in [-0.39, 0.29) is 5.41 Å². The first-order valence-corrected chi connectivity index (χ1v) is 8.70. The molecule has 0 spiro atoms. The summed E-state index contributed by atoms with van der Waals surface area (Å²) >= 11 is 2.00. The van der Waals surface area contributed by atoms with Crippen molar-refractivity contribution in [2.45, 2.75) is 51.5 Å². The molecule has 3 rings (SSSR count). The molecule has 0 radical (unpaired) electrons. The van der Waals surface area contributed by atoms with Crippen LogP contribution in [0.1, 0.15) is 59.7 Å². The number of fused-ring (bicyclic) bond motifs is 1. The number of benzene rings is 1. The summed E-state index contributed by atoms with van der Waals surface area (Å²) in [5.74, 6) is 0. The summed E-state index contributed by atoms with van der Waals surface area (Å²) in [4.78, 5) is 3.07. The fourth-order valence-electron chi connectivity index (χ4n) is 3.14. The molecule has 1 N–H and O–H groups in total. The predicted molar refractivity (Wildman–Crippen MR) is 92.4 cm³/mol. The van der Waals surface area contributed by atoms with E-state index in [0.29, 0.717) is 6.04 Å². The molecular weight excluding hydrogens is 274 g/mol. The van der Waals surface area contributed by atoms with Crippen molar-refractivity contribution in [2.24, 2.45) is 0 Å². The van der Waals surface area contributed by atoms with Crippen LogP contribution < -0.4 is 5.32 Å². The van der Waals surface area contributed by atoms with Gasteiger partial charge in [-0.3, -0.25) is 0 Å². The van der Waals surface area contributed by atoms with E-state index in [2.05, 4.69) is 63.5 Å². The van der Waals surface area contributed by atoms with Crippen LogP contribution in [-0.2, 0) is 18.3 Å². The van der Waals surface area contributed by atoms with Crippen LogP contribution in [0, 0.1) is 0 Å². The van der Waals surface area contributed by atoms with Gasteiger partial charge < -0.3 is 5.32 Å². The summed E-state index contributed by atoms with van der Waals surface area (Å²) in [5.41, 5.74) is 4.57. The Bertz CT molecular complexity index is 595. The third-order valence-corrected chi connectivity index (χ3v) is 5.75. The average molecular weight is 299 g/mol. The van der Waals surface area contributed by atoms with Gasteiger partial charge in [0.2, 0.25) is 0 Å². The van der Waals surface area contributed by atoms with Crippen LogP contribution in [0.3, 0.4) is 0 Å². The highest BCUT2D eigenvalue weighted by Crippen LogP contribution is 2.36. The van der Waals surface area contributed by atoms with E-state index in [1.54, 1.807) is 10.4 Å². The lowest BCUT2D eigenvalue weighted by Crippen LogP contribution is -2.17. The van der Waals surface area contributed by atoms with Crippen molar-refractivity contribution in [1.82, 2.24) is 5.32 Å². The van der Waals surface area contributed by atoms with Gasteiger partial charge in [0.15, 0.2) is 0 Å². The summed E-state index contributed by atoms with van der Waals surface area (Å²) in [7, 11) is 2.06. The van der Waals surface area contributed by atoms with Gasteiger partial charge in [-0.2, -0.15) is 0 Å². The molecule has 0 aliphatic heterocycles. The number of rotatable bonds is 3.